The van der Waals surface area contributed by atoms with Gasteiger partial charge in [0.05, 0.1) is 13.0 Å². The maximum absolute atomic E-state index is 12.3. The van der Waals surface area contributed by atoms with Crippen LogP contribution in [0.15, 0.2) is 6.07 Å². The van der Waals surface area contributed by atoms with Crippen molar-refractivity contribution >= 4 is 11.6 Å². The van der Waals surface area contributed by atoms with Gasteiger partial charge in [0, 0.05) is 17.3 Å². The van der Waals surface area contributed by atoms with Crippen LogP contribution in [-0.4, -0.2) is 12.1 Å². The van der Waals surface area contributed by atoms with Gasteiger partial charge in [0.25, 0.3) is 6.43 Å². The monoisotopic (exact) mass is 221 g/mol. The van der Waals surface area contributed by atoms with Crippen LogP contribution < -0.4 is 4.74 Å². The first-order chi connectivity index (χ1) is 6.60. The maximum Gasteiger partial charge on any atom is 0.280 e. The van der Waals surface area contributed by atoms with Gasteiger partial charge in [-0.05, 0) is 6.92 Å². The smallest absolute Gasteiger partial charge is 0.280 e. The molecule has 0 saturated carbocycles. The largest absolute Gasteiger partial charge is 0.496 e. The van der Waals surface area contributed by atoms with Crippen LogP contribution in [0.3, 0.4) is 0 Å². The van der Waals surface area contributed by atoms with Crippen molar-refractivity contribution in [2.45, 2.75) is 19.2 Å². The lowest BCUT2D eigenvalue weighted by Crippen LogP contribution is -2.00. The van der Waals surface area contributed by atoms with E-state index in [9.17, 15) is 8.78 Å². The Bertz CT molecular complexity index is 331. The molecule has 5 heteroatoms. The lowest BCUT2D eigenvalue weighted by molar-refractivity contribution is 0.145. The quantitative estimate of drug-likeness (QED) is 0.732. The summed E-state index contributed by atoms with van der Waals surface area (Å²) in [7, 11) is 1.42. The molecule has 0 bridgehead atoms. The van der Waals surface area contributed by atoms with Gasteiger partial charge in [-0.3, -0.25) is 4.98 Å². The predicted octanol–water partition coefficient (Wildman–Crippen LogP) is 3.08. The minimum Gasteiger partial charge on any atom is -0.496 e. The van der Waals surface area contributed by atoms with Crippen LogP contribution in [-0.2, 0) is 5.88 Å². The summed E-state index contributed by atoms with van der Waals surface area (Å²) in [6.45, 7) is 1.63. The second kappa shape index (κ2) is 4.55. The van der Waals surface area contributed by atoms with Gasteiger partial charge < -0.3 is 4.74 Å². The summed E-state index contributed by atoms with van der Waals surface area (Å²) < 4.78 is 29.6. The van der Waals surface area contributed by atoms with Gasteiger partial charge in [0.2, 0.25) is 0 Å². The molecule has 14 heavy (non-hydrogen) atoms. The van der Waals surface area contributed by atoms with E-state index < -0.39 is 6.43 Å². The first-order valence-electron chi connectivity index (χ1n) is 3.98. The fourth-order valence-electron chi connectivity index (χ4n) is 1.15. The van der Waals surface area contributed by atoms with Crippen molar-refractivity contribution in [3.63, 3.8) is 0 Å². The second-order valence-electron chi connectivity index (χ2n) is 2.75. The van der Waals surface area contributed by atoms with Gasteiger partial charge in [-0.15, -0.1) is 11.6 Å². The Hall–Kier alpha value is -0.900. The van der Waals surface area contributed by atoms with E-state index in [1.54, 1.807) is 6.92 Å². The summed E-state index contributed by atoms with van der Waals surface area (Å²) in [5.41, 5.74) is 0.849. The standard InChI is InChI=1S/C9H10ClF2NO/c1-5-6(4-10)8(14-2)3-7(13-5)9(11)12/h3,9H,4H2,1-2H3. The van der Waals surface area contributed by atoms with Gasteiger partial charge in [0.15, 0.2) is 0 Å². The summed E-state index contributed by atoms with van der Waals surface area (Å²) in [4.78, 5) is 3.74. The van der Waals surface area contributed by atoms with E-state index >= 15 is 0 Å². The van der Waals surface area contributed by atoms with Crippen LogP contribution in [0.5, 0.6) is 5.75 Å². The molecule has 1 aromatic heterocycles. The van der Waals surface area contributed by atoms with Crippen molar-refractivity contribution in [3.8, 4) is 5.75 Å². The second-order valence-corrected chi connectivity index (χ2v) is 3.01. The molecule has 1 aromatic rings. The topological polar surface area (TPSA) is 22.1 Å². The number of pyridine rings is 1. The van der Waals surface area contributed by atoms with Gasteiger partial charge in [-0.2, -0.15) is 0 Å². The molecule has 0 spiro atoms. The summed E-state index contributed by atoms with van der Waals surface area (Å²) in [6.07, 6.45) is -2.59. The van der Waals surface area contributed by atoms with E-state index in [1.807, 2.05) is 0 Å². The summed E-state index contributed by atoms with van der Waals surface area (Å²) >= 11 is 5.64. The van der Waals surface area contributed by atoms with Gasteiger partial charge in [-0.25, -0.2) is 8.78 Å². The molecule has 0 fully saturated rings. The molecule has 0 aliphatic rings. The number of alkyl halides is 3. The molecule has 0 unspecified atom stereocenters. The van der Waals surface area contributed by atoms with Crippen molar-refractivity contribution in [1.82, 2.24) is 4.98 Å². The van der Waals surface area contributed by atoms with Crippen LogP contribution in [0.1, 0.15) is 23.4 Å². The first-order valence-corrected chi connectivity index (χ1v) is 4.52. The number of hydrogen-bond acceptors (Lipinski definition) is 2. The van der Waals surface area contributed by atoms with E-state index in [0.717, 1.165) is 0 Å². The fourth-order valence-corrected chi connectivity index (χ4v) is 1.47. The highest BCUT2D eigenvalue weighted by atomic mass is 35.5. The summed E-state index contributed by atoms with van der Waals surface area (Å²) in [5.74, 6) is 0.564. The first kappa shape index (κ1) is 11.2. The molecule has 0 saturated heterocycles. The molecule has 2 nitrogen and oxygen atoms in total. The Kier molecular flexibility index (Phi) is 3.63. The number of hydrogen-bond donors (Lipinski definition) is 0. The Morgan fingerprint density at radius 2 is 2.21 bits per heavy atom. The third-order valence-electron chi connectivity index (χ3n) is 1.89. The van der Waals surface area contributed by atoms with Crippen LogP contribution in [0.2, 0.25) is 0 Å². The minimum atomic E-state index is -2.59. The zero-order valence-corrected chi connectivity index (χ0v) is 8.61. The molecule has 0 atom stereocenters. The number of aromatic nitrogens is 1. The maximum atomic E-state index is 12.3. The third kappa shape index (κ3) is 2.12. The molecule has 1 rings (SSSR count). The molecule has 0 aromatic carbocycles. The average molecular weight is 222 g/mol. The number of halogens is 3. The van der Waals surface area contributed by atoms with Crippen LogP contribution in [0.25, 0.3) is 0 Å². The molecule has 0 N–H and O–H groups in total. The van der Waals surface area contributed by atoms with Crippen LogP contribution >= 0.6 is 11.6 Å². The molecule has 0 amide bonds. The van der Waals surface area contributed by atoms with Crippen molar-refractivity contribution in [1.29, 1.82) is 0 Å². The fraction of sp³-hybridized carbons (Fsp3) is 0.444. The Morgan fingerprint density at radius 1 is 1.57 bits per heavy atom. The van der Waals surface area contributed by atoms with E-state index in [1.165, 1.54) is 13.2 Å². The number of methoxy groups -OCH3 is 1. The number of rotatable bonds is 3. The molecular weight excluding hydrogens is 212 g/mol. The van der Waals surface area contributed by atoms with Crippen molar-refractivity contribution in [2.24, 2.45) is 0 Å². The van der Waals surface area contributed by atoms with Crippen molar-refractivity contribution in [3.05, 3.63) is 23.0 Å². The molecule has 0 aliphatic heterocycles. The van der Waals surface area contributed by atoms with Crippen molar-refractivity contribution < 1.29 is 13.5 Å². The number of aryl methyl sites for hydroxylation is 1. The van der Waals surface area contributed by atoms with E-state index in [2.05, 4.69) is 4.98 Å². The lowest BCUT2D eigenvalue weighted by Gasteiger charge is -2.10. The summed E-state index contributed by atoms with van der Waals surface area (Å²) in [6, 6.07) is 1.22. The third-order valence-corrected chi connectivity index (χ3v) is 2.15. The van der Waals surface area contributed by atoms with Gasteiger partial charge >= 0.3 is 0 Å². The Morgan fingerprint density at radius 3 is 2.64 bits per heavy atom. The van der Waals surface area contributed by atoms with E-state index in [0.29, 0.717) is 17.0 Å². The highest BCUT2D eigenvalue weighted by Crippen LogP contribution is 2.27. The predicted molar refractivity (Wildman–Crippen MR) is 50.0 cm³/mol. The normalized spacial score (nSPS) is 10.7. The molecule has 78 valence electrons. The Balaban J connectivity index is 3.24. The molecule has 1 heterocycles. The Labute approximate surface area is 85.9 Å². The SMILES string of the molecule is COc1cc(C(F)F)nc(C)c1CCl. The highest BCUT2D eigenvalue weighted by Gasteiger charge is 2.15. The highest BCUT2D eigenvalue weighted by molar-refractivity contribution is 6.17. The van der Waals surface area contributed by atoms with E-state index in [-0.39, 0.29) is 11.6 Å². The zero-order chi connectivity index (χ0) is 10.7. The van der Waals surface area contributed by atoms with Gasteiger partial charge in [-0.1, -0.05) is 0 Å². The van der Waals surface area contributed by atoms with Crippen LogP contribution in [0, 0.1) is 6.92 Å². The van der Waals surface area contributed by atoms with Crippen LogP contribution in [0.4, 0.5) is 8.78 Å². The molecule has 0 aliphatic carbocycles. The molecular formula is C9H10ClF2NO. The molecule has 0 radical (unpaired) electrons. The van der Waals surface area contributed by atoms with Gasteiger partial charge in [0.1, 0.15) is 11.4 Å². The number of nitrogens with zero attached hydrogens (tertiary/aromatic N) is 1. The number of ether oxygens (including phenoxy) is 1. The minimum absolute atomic E-state index is 0.200. The average Bonchev–Trinajstić information content (AvgIpc) is 2.16. The van der Waals surface area contributed by atoms with E-state index in [4.69, 9.17) is 16.3 Å². The zero-order valence-electron chi connectivity index (χ0n) is 7.85. The van der Waals surface area contributed by atoms with Crippen molar-refractivity contribution in [2.75, 3.05) is 7.11 Å². The summed E-state index contributed by atoms with van der Waals surface area (Å²) in [5, 5.41) is 0. The lowest BCUT2D eigenvalue weighted by atomic mass is 10.2.